The highest BCUT2D eigenvalue weighted by Crippen LogP contribution is 2.60. The van der Waals surface area contributed by atoms with Gasteiger partial charge in [0.2, 0.25) is 0 Å². The van der Waals surface area contributed by atoms with E-state index in [0.717, 1.165) is 42.2 Å². The van der Waals surface area contributed by atoms with Gasteiger partial charge in [-0.05, 0) is 98.7 Å². The molecule has 2 N–H and O–H groups in total. The number of aliphatic hydroxyl groups is 2. The Morgan fingerprint density at radius 2 is 1.97 bits per heavy atom. The zero-order chi connectivity index (χ0) is 22.1. The van der Waals surface area contributed by atoms with Crippen LogP contribution in [0.2, 0.25) is 0 Å². The summed E-state index contributed by atoms with van der Waals surface area (Å²) in [6.07, 6.45) is 15.3. The van der Waals surface area contributed by atoms with Gasteiger partial charge in [-0.15, -0.1) is 0 Å². The van der Waals surface area contributed by atoms with Crippen molar-refractivity contribution in [2.45, 2.75) is 104 Å². The molecule has 0 bridgehead atoms. The maximum atomic E-state index is 10.2. The molecule has 0 aromatic rings. The van der Waals surface area contributed by atoms with Crippen molar-refractivity contribution in [1.29, 1.82) is 0 Å². The molecule has 0 aromatic heterocycles. The number of hydrogen-bond donors (Lipinski definition) is 2. The highest BCUT2D eigenvalue weighted by atomic mass is 16.3. The van der Waals surface area contributed by atoms with Crippen molar-refractivity contribution in [2.24, 2.45) is 23.2 Å². The van der Waals surface area contributed by atoms with E-state index in [1.54, 1.807) is 5.57 Å². The second kappa shape index (κ2) is 9.17. The molecule has 3 aliphatic rings. The minimum Gasteiger partial charge on any atom is -0.390 e. The molecular formula is C28H44O2. The Balaban J connectivity index is 1.69. The molecule has 2 nitrogen and oxygen atoms in total. The first-order chi connectivity index (χ1) is 14.0. The van der Waals surface area contributed by atoms with Crippen molar-refractivity contribution in [3.63, 3.8) is 0 Å². The summed E-state index contributed by atoms with van der Waals surface area (Å²) in [6.45, 7) is 17.0. The Morgan fingerprint density at radius 3 is 2.67 bits per heavy atom. The molecular weight excluding hydrogens is 368 g/mol. The molecule has 0 amide bonds. The van der Waals surface area contributed by atoms with Gasteiger partial charge < -0.3 is 10.2 Å². The van der Waals surface area contributed by atoms with Crippen molar-refractivity contribution in [3.05, 3.63) is 47.6 Å². The molecule has 0 spiro atoms. The summed E-state index contributed by atoms with van der Waals surface area (Å²) >= 11 is 0. The van der Waals surface area contributed by atoms with Crippen molar-refractivity contribution in [3.8, 4) is 0 Å². The van der Waals surface area contributed by atoms with Crippen LogP contribution in [0.4, 0.5) is 0 Å². The third-order valence-electron chi connectivity index (χ3n) is 8.45. The van der Waals surface area contributed by atoms with Gasteiger partial charge in [-0.3, -0.25) is 0 Å². The molecule has 3 fully saturated rings. The van der Waals surface area contributed by atoms with Crippen LogP contribution in [0, 0.1) is 23.2 Å². The molecule has 0 saturated heterocycles. The maximum Gasteiger partial charge on any atom is 0.0791 e. The third kappa shape index (κ3) is 5.19. The summed E-state index contributed by atoms with van der Waals surface area (Å²) in [6, 6.07) is 0. The minimum atomic E-state index is -0.543. The van der Waals surface area contributed by atoms with Crippen LogP contribution in [0.5, 0.6) is 0 Å². The number of allylic oxidation sites excluding steroid dienone is 4. The molecule has 5 atom stereocenters. The molecule has 3 aliphatic carbocycles. The first-order valence-corrected chi connectivity index (χ1v) is 12.2. The van der Waals surface area contributed by atoms with Crippen LogP contribution in [0.3, 0.4) is 0 Å². The number of fused-ring (bicyclic) bond motifs is 1. The standard InChI is InChI=1S/C28H44O2/c1-19(9-7-15-27(4,5)30)24-13-14-25-22(10-8-16-28(24,25)6)11-12-23-18-26(29)21(3)17-20(23)2/h11-12,19,24-26,29-30H,2-3,7-10,13-18H2,1,4-6H3/t19-,24+,25-,26+,28+/m0/s1. The Bertz CT molecular complexity index is 719. The molecule has 30 heavy (non-hydrogen) atoms. The summed E-state index contributed by atoms with van der Waals surface area (Å²) < 4.78 is 0. The first kappa shape index (κ1) is 23.5. The van der Waals surface area contributed by atoms with Crippen molar-refractivity contribution in [1.82, 2.24) is 0 Å². The zero-order valence-electron chi connectivity index (χ0n) is 19.8. The van der Waals surface area contributed by atoms with Crippen molar-refractivity contribution < 1.29 is 10.2 Å². The molecule has 168 valence electrons. The Labute approximate surface area is 184 Å². The summed E-state index contributed by atoms with van der Waals surface area (Å²) in [5, 5.41) is 20.2. The first-order valence-electron chi connectivity index (χ1n) is 12.2. The van der Waals surface area contributed by atoms with Gasteiger partial charge in [0.05, 0.1) is 11.7 Å². The summed E-state index contributed by atoms with van der Waals surface area (Å²) in [5.74, 6) is 2.20. The SMILES string of the molecule is C=C1CC(=C)[C@H](O)CC1=CC=C1CCC[C@]2(C)[C@@H]([C@@H](C)CCCC(C)(C)O)CC[C@@H]12. The van der Waals surface area contributed by atoms with E-state index in [4.69, 9.17) is 0 Å². The van der Waals surface area contributed by atoms with E-state index in [1.807, 2.05) is 13.8 Å². The van der Waals surface area contributed by atoms with E-state index in [9.17, 15) is 10.2 Å². The lowest BCUT2D eigenvalue weighted by atomic mass is 9.60. The fourth-order valence-electron chi connectivity index (χ4n) is 6.67. The van der Waals surface area contributed by atoms with Crippen LogP contribution >= 0.6 is 0 Å². The average molecular weight is 413 g/mol. The summed E-state index contributed by atoms with van der Waals surface area (Å²) in [4.78, 5) is 0. The molecule has 0 unspecified atom stereocenters. The van der Waals surface area contributed by atoms with Gasteiger partial charge in [0, 0.05) is 6.42 Å². The van der Waals surface area contributed by atoms with E-state index in [2.05, 4.69) is 39.2 Å². The Morgan fingerprint density at radius 1 is 1.23 bits per heavy atom. The average Bonchev–Trinajstić information content (AvgIpc) is 3.00. The lowest BCUT2D eigenvalue weighted by Gasteiger charge is -2.44. The predicted molar refractivity (Wildman–Crippen MR) is 127 cm³/mol. The van der Waals surface area contributed by atoms with Gasteiger partial charge in [-0.25, -0.2) is 0 Å². The van der Waals surface area contributed by atoms with E-state index in [0.29, 0.717) is 17.8 Å². The van der Waals surface area contributed by atoms with Crippen LogP contribution in [0.15, 0.2) is 47.6 Å². The van der Waals surface area contributed by atoms with Gasteiger partial charge in [0.15, 0.2) is 0 Å². The Kier molecular flexibility index (Phi) is 7.19. The van der Waals surface area contributed by atoms with Crippen LogP contribution in [0.25, 0.3) is 0 Å². The Hall–Kier alpha value is -1.12. The molecule has 0 radical (unpaired) electrons. The largest absolute Gasteiger partial charge is 0.390 e. The minimum absolute atomic E-state index is 0.411. The zero-order valence-corrected chi connectivity index (χ0v) is 19.8. The number of rotatable bonds is 6. The molecule has 2 heteroatoms. The van der Waals surface area contributed by atoms with Gasteiger partial charge in [-0.1, -0.05) is 57.6 Å². The van der Waals surface area contributed by atoms with E-state index < -0.39 is 11.7 Å². The lowest BCUT2D eigenvalue weighted by Crippen LogP contribution is -2.36. The molecule has 0 aliphatic heterocycles. The van der Waals surface area contributed by atoms with E-state index >= 15 is 0 Å². The highest BCUT2D eigenvalue weighted by Gasteiger charge is 2.50. The second-order valence-corrected chi connectivity index (χ2v) is 11.4. The monoisotopic (exact) mass is 412 g/mol. The predicted octanol–water partition coefficient (Wildman–Crippen LogP) is 6.90. The van der Waals surface area contributed by atoms with E-state index in [1.165, 1.54) is 44.1 Å². The normalized spacial score (nSPS) is 36.4. The van der Waals surface area contributed by atoms with Gasteiger partial charge in [0.25, 0.3) is 0 Å². The smallest absolute Gasteiger partial charge is 0.0791 e. The van der Waals surface area contributed by atoms with E-state index in [-0.39, 0.29) is 0 Å². The van der Waals surface area contributed by atoms with Crippen molar-refractivity contribution in [2.75, 3.05) is 0 Å². The topological polar surface area (TPSA) is 40.5 Å². The van der Waals surface area contributed by atoms with Crippen molar-refractivity contribution >= 4 is 0 Å². The fraction of sp³-hybridized carbons (Fsp3) is 0.714. The lowest BCUT2D eigenvalue weighted by molar-refractivity contribution is 0.0596. The van der Waals surface area contributed by atoms with Crippen LogP contribution in [0.1, 0.15) is 91.9 Å². The summed E-state index contributed by atoms with van der Waals surface area (Å²) in [7, 11) is 0. The third-order valence-corrected chi connectivity index (χ3v) is 8.45. The highest BCUT2D eigenvalue weighted by molar-refractivity contribution is 5.41. The van der Waals surface area contributed by atoms with Gasteiger partial charge in [-0.2, -0.15) is 0 Å². The maximum absolute atomic E-state index is 10.2. The second-order valence-electron chi connectivity index (χ2n) is 11.4. The molecule has 3 rings (SSSR count). The number of aliphatic hydroxyl groups excluding tert-OH is 1. The quantitative estimate of drug-likeness (QED) is 0.466. The summed E-state index contributed by atoms with van der Waals surface area (Å²) in [5.41, 5.74) is 4.70. The van der Waals surface area contributed by atoms with Gasteiger partial charge >= 0.3 is 0 Å². The molecule has 3 saturated carbocycles. The van der Waals surface area contributed by atoms with Crippen LogP contribution in [-0.4, -0.2) is 21.9 Å². The molecule has 0 aromatic carbocycles. The number of hydrogen-bond acceptors (Lipinski definition) is 2. The fourth-order valence-corrected chi connectivity index (χ4v) is 6.67. The van der Waals surface area contributed by atoms with Crippen LogP contribution in [-0.2, 0) is 0 Å². The molecule has 0 heterocycles. The van der Waals surface area contributed by atoms with Crippen LogP contribution < -0.4 is 0 Å². The van der Waals surface area contributed by atoms with Gasteiger partial charge in [0.1, 0.15) is 0 Å².